The highest BCUT2D eigenvalue weighted by molar-refractivity contribution is 5.96. The average Bonchev–Trinajstić information content (AvgIpc) is 2.60. The normalized spacial score (nSPS) is 10.8. The van der Waals surface area contributed by atoms with Crippen molar-refractivity contribution in [3.8, 4) is 12.0 Å². The van der Waals surface area contributed by atoms with Crippen LogP contribution in [0.4, 0.5) is 5.69 Å². The molecule has 0 bridgehead atoms. The standard InChI is InChI=1S/C18H22N4O4/c1-2-12(18(25)26)4-3-11-21-15(23)9-10-16(24)22-14-7-5-13(6-8-14)17(19)20/h5-8,12H,2,4,9-10H2,1H3,(H3,19,20)(H,21,23)(H,22,24)(H,25,26)/t12-/m0/s1. The summed E-state index contributed by atoms with van der Waals surface area (Å²) in [6.07, 6.45) is 0.561. The minimum absolute atomic E-state index is 0.0192. The Kier molecular flexibility index (Phi) is 8.37. The lowest BCUT2D eigenvalue weighted by Gasteiger charge is -2.06. The van der Waals surface area contributed by atoms with Crippen molar-refractivity contribution in [1.82, 2.24) is 5.32 Å². The second kappa shape index (κ2) is 10.5. The predicted molar refractivity (Wildman–Crippen MR) is 97.3 cm³/mol. The largest absolute Gasteiger partial charge is 0.481 e. The van der Waals surface area contributed by atoms with E-state index in [4.69, 9.17) is 16.2 Å². The van der Waals surface area contributed by atoms with Gasteiger partial charge in [0.05, 0.1) is 5.92 Å². The fourth-order valence-corrected chi connectivity index (χ4v) is 1.94. The molecular formula is C18H22N4O4. The topological polar surface area (TPSA) is 145 Å². The van der Waals surface area contributed by atoms with Gasteiger partial charge in [-0.25, -0.2) is 0 Å². The number of benzene rings is 1. The van der Waals surface area contributed by atoms with Crippen LogP contribution in [0.3, 0.4) is 0 Å². The summed E-state index contributed by atoms with van der Waals surface area (Å²) in [4.78, 5) is 34.3. The van der Waals surface area contributed by atoms with E-state index in [1.807, 2.05) is 0 Å². The summed E-state index contributed by atoms with van der Waals surface area (Å²) in [7, 11) is 0. The van der Waals surface area contributed by atoms with Crippen molar-refractivity contribution in [2.24, 2.45) is 11.7 Å². The van der Waals surface area contributed by atoms with E-state index < -0.39 is 17.8 Å². The lowest BCUT2D eigenvalue weighted by Crippen LogP contribution is -2.21. The number of nitrogen functional groups attached to an aromatic ring is 1. The Morgan fingerprint density at radius 1 is 1.19 bits per heavy atom. The van der Waals surface area contributed by atoms with Gasteiger partial charge in [0, 0.05) is 36.6 Å². The molecule has 26 heavy (non-hydrogen) atoms. The molecule has 0 aliphatic rings. The second-order valence-corrected chi connectivity index (χ2v) is 5.54. The van der Waals surface area contributed by atoms with E-state index in [0.29, 0.717) is 17.7 Å². The van der Waals surface area contributed by atoms with Gasteiger partial charge in [-0.05, 0) is 30.7 Å². The first-order valence-electron chi connectivity index (χ1n) is 8.07. The second-order valence-electron chi connectivity index (χ2n) is 5.54. The molecule has 138 valence electrons. The summed E-state index contributed by atoms with van der Waals surface area (Å²) in [5.74, 6) is 0.320. The number of carbonyl (C=O) groups is 3. The van der Waals surface area contributed by atoms with Gasteiger partial charge in [-0.2, -0.15) is 0 Å². The molecule has 0 heterocycles. The van der Waals surface area contributed by atoms with Crippen LogP contribution in [0.5, 0.6) is 0 Å². The fraction of sp³-hybridized carbons (Fsp3) is 0.333. The number of carboxylic acids is 1. The number of amides is 2. The van der Waals surface area contributed by atoms with Crippen LogP contribution in [0.25, 0.3) is 0 Å². The number of nitrogens with one attached hydrogen (secondary N) is 3. The summed E-state index contributed by atoms with van der Waals surface area (Å²) in [6.45, 7) is 1.76. The van der Waals surface area contributed by atoms with E-state index in [-0.39, 0.29) is 31.0 Å². The molecule has 0 unspecified atom stereocenters. The first kappa shape index (κ1) is 20.7. The van der Waals surface area contributed by atoms with Crippen LogP contribution in [0, 0.1) is 23.3 Å². The van der Waals surface area contributed by atoms with E-state index >= 15 is 0 Å². The number of amidine groups is 1. The van der Waals surface area contributed by atoms with Gasteiger partial charge >= 0.3 is 5.97 Å². The molecule has 1 aromatic carbocycles. The van der Waals surface area contributed by atoms with E-state index in [1.54, 1.807) is 31.2 Å². The number of hydrogen-bond acceptors (Lipinski definition) is 4. The van der Waals surface area contributed by atoms with Crippen LogP contribution in [-0.4, -0.2) is 28.7 Å². The summed E-state index contributed by atoms with van der Waals surface area (Å²) in [6, 6.07) is 8.88. The Morgan fingerprint density at radius 3 is 2.35 bits per heavy atom. The van der Waals surface area contributed by atoms with Gasteiger partial charge in [-0.3, -0.25) is 25.1 Å². The minimum Gasteiger partial charge on any atom is -0.481 e. The van der Waals surface area contributed by atoms with Crippen molar-refractivity contribution in [3.05, 3.63) is 29.8 Å². The maximum Gasteiger partial charge on any atom is 0.307 e. The molecule has 0 saturated heterocycles. The van der Waals surface area contributed by atoms with Crippen molar-refractivity contribution < 1.29 is 19.5 Å². The number of rotatable bonds is 8. The maximum absolute atomic E-state index is 11.8. The van der Waals surface area contributed by atoms with E-state index in [0.717, 1.165) is 0 Å². The Labute approximate surface area is 151 Å². The number of anilines is 1. The van der Waals surface area contributed by atoms with E-state index in [9.17, 15) is 14.4 Å². The molecule has 8 heteroatoms. The molecular weight excluding hydrogens is 336 g/mol. The first-order valence-corrected chi connectivity index (χ1v) is 8.07. The molecule has 1 aromatic rings. The average molecular weight is 358 g/mol. The third kappa shape index (κ3) is 7.49. The first-order chi connectivity index (χ1) is 12.3. The Hall–Kier alpha value is -3.34. The Bertz CT molecular complexity index is 732. The highest BCUT2D eigenvalue weighted by Crippen LogP contribution is 2.10. The van der Waals surface area contributed by atoms with Gasteiger partial charge < -0.3 is 16.2 Å². The summed E-state index contributed by atoms with van der Waals surface area (Å²) in [5.41, 5.74) is 6.44. The predicted octanol–water partition coefficient (Wildman–Crippen LogP) is 1.27. The Balaban J connectivity index is 2.35. The molecule has 8 nitrogen and oxygen atoms in total. The van der Waals surface area contributed by atoms with Crippen molar-refractivity contribution in [2.75, 3.05) is 5.32 Å². The lowest BCUT2D eigenvalue weighted by molar-refractivity contribution is -0.141. The highest BCUT2D eigenvalue weighted by Gasteiger charge is 2.12. The zero-order valence-electron chi connectivity index (χ0n) is 14.5. The van der Waals surface area contributed by atoms with Gasteiger partial charge in [0.1, 0.15) is 5.84 Å². The lowest BCUT2D eigenvalue weighted by atomic mass is 10.0. The van der Waals surface area contributed by atoms with Crippen LogP contribution in [0.15, 0.2) is 24.3 Å². The van der Waals surface area contributed by atoms with E-state index in [2.05, 4.69) is 22.6 Å². The molecule has 0 aliphatic carbocycles. The van der Waals surface area contributed by atoms with Crippen molar-refractivity contribution >= 4 is 29.3 Å². The Morgan fingerprint density at radius 2 is 1.81 bits per heavy atom. The van der Waals surface area contributed by atoms with E-state index in [1.165, 1.54) is 0 Å². The summed E-state index contributed by atoms with van der Waals surface area (Å²) in [5, 5.41) is 21.1. The van der Waals surface area contributed by atoms with Crippen molar-refractivity contribution in [3.63, 3.8) is 0 Å². The van der Waals surface area contributed by atoms with Gasteiger partial charge in [-0.1, -0.05) is 12.8 Å². The molecule has 1 atom stereocenters. The molecule has 0 radical (unpaired) electrons. The summed E-state index contributed by atoms with van der Waals surface area (Å²) < 4.78 is 0. The molecule has 6 N–H and O–H groups in total. The van der Waals surface area contributed by atoms with Crippen LogP contribution in [0.2, 0.25) is 0 Å². The van der Waals surface area contributed by atoms with Crippen LogP contribution in [-0.2, 0) is 14.4 Å². The van der Waals surface area contributed by atoms with Gasteiger partial charge in [0.2, 0.25) is 11.8 Å². The molecule has 0 aliphatic heterocycles. The smallest absolute Gasteiger partial charge is 0.307 e. The molecule has 0 fully saturated rings. The molecule has 0 saturated carbocycles. The number of hydrogen-bond donors (Lipinski definition) is 5. The molecule has 0 aromatic heterocycles. The SMILES string of the molecule is CC[C@@H](CC#CNC(=O)CCC(=O)Nc1ccc(C(=N)N)cc1)C(=O)O. The highest BCUT2D eigenvalue weighted by atomic mass is 16.4. The maximum atomic E-state index is 11.8. The van der Waals surface area contributed by atoms with Gasteiger partial charge in [-0.15, -0.1) is 0 Å². The number of aliphatic carboxylic acids is 1. The van der Waals surface area contributed by atoms with Crippen LogP contribution < -0.4 is 16.4 Å². The van der Waals surface area contributed by atoms with Crippen molar-refractivity contribution in [1.29, 1.82) is 5.41 Å². The van der Waals surface area contributed by atoms with Crippen molar-refractivity contribution in [2.45, 2.75) is 32.6 Å². The zero-order valence-corrected chi connectivity index (χ0v) is 14.5. The molecule has 1 rings (SSSR count). The molecule has 0 spiro atoms. The van der Waals surface area contributed by atoms with Gasteiger partial charge in [0.15, 0.2) is 0 Å². The van der Waals surface area contributed by atoms with Crippen LogP contribution in [0.1, 0.15) is 38.2 Å². The van der Waals surface area contributed by atoms with Gasteiger partial charge in [0.25, 0.3) is 0 Å². The fourth-order valence-electron chi connectivity index (χ4n) is 1.94. The summed E-state index contributed by atoms with van der Waals surface area (Å²) >= 11 is 0. The minimum atomic E-state index is -0.916. The number of carbonyl (C=O) groups excluding carboxylic acids is 2. The molecule has 2 amide bonds. The third-order valence-electron chi connectivity index (χ3n) is 3.54. The van der Waals surface area contributed by atoms with Crippen LogP contribution >= 0.6 is 0 Å². The zero-order chi connectivity index (χ0) is 19.5. The third-order valence-corrected chi connectivity index (χ3v) is 3.54. The number of carboxylic acid groups (broad SMARTS) is 1. The monoisotopic (exact) mass is 358 g/mol. The number of nitrogens with two attached hydrogens (primary N) is 1. The quantitative estimate of drug-likeness (QED) is 0.206.